The van der Waals surface area contributed by atoms with Crippen molar-refractivity contribution in [1.29, 1.82) is 0 Å². The summed E-state index contributed by atoms with van der Waals surface area (Å²) >= 11 is 1.88. The van der Waals surface area contributed by atoms with Gasteiger partial charge in [-0.1, -0.05) is 32.0 Å². The maximum Gasteiger partial charge on any atom is 0.193 e. The van der Waals surface area contributed by atoms with Gasteiger partial charge in [-0.15, -0.1) is 24.0 Å². The average Bonchev–Trinajstić information content (AvgIpc) is 2.47. The molecule has 0 bridgehead atoms. The molecule has 0 heterocycles. The number of unbranched alkanes of at least 4 members (excludes halogenated alkanes) is 1. The fraction of sp³-hybridized carbons (Fsp3) is 0.562. The molecule has 0 unspecified atom stereocenters. The number of hydrogen-bond acceptors (Lipinski definition) is 2. The highest BCUT2D eigenvalue weighted by molar-refractivity contribution is 14.0. The molecule has 5 heteroatoms. The summed E-state index contributed by atoms with van der Waals surface area (Å²) in [6, 6.07) is 6.40. The smallest absolute Gasteiger partial charge is 0.193 e. The lowest BCUT2D eigenvalue weighted by molar-refractivity contribution is 0.815. The summed E-state index contributed by atoms with van der Waals surface area (Å²) in [4.78, 5) is 4.42. The molecule has 0 aliphatic heterocycles. The molecule has 0 aromatic heterocycles. The van der Waals surface area contributed by atoms with E-state index >= 15 is 0 Å². The Bertz CT molecular complexity index is 413. The molecule has 1 aromatic rings. The fourth-order valence-corrected chi connectivity index (χ4v) is 2.62. The fourth-order valence-electron chi connectivity index (χ4n) is 2.13. The van der Waals surface area contributed by atoms with Gasteiger partial charge in [-0.05, 0) is 48.8 Å². The third kappa shape index (κ3) is 7.40. The molecule has 0 fully saturated rings. The Balaban J connectivity index is 0.00000400. The first-order valence-electron chi connectivity index (χ1n) is 7.39. The van der Waals surface area contributed by atoms with Crippen LogP contribution in [0.5, 0.6) is 0 Å². The summed E-state index contributed by atoms with van der Waals surface area (Å²) in [7, 11) is 0. The van der Waals surface area contributed by atoms with E-state index in [0.29, 0.717) is 5.96 Å². The van der Waals surface area contributed by atoms with Crippen LogP contribution in [0.15, 0.2) is 23.2 Å². The van der Waals surface area contributed by atoms with Crippen LogP contribution in [-0.2, 0) is 12.8 Å². The van der Waals surface area contributed by atoms with Gasteiger partial charge in [0.15, 0.2) is 5.96 Å². The van der Waals surface area contributed by atoms with Crippen LogP contribution >= 0.6 is 35.7 Å². The van der Waals surface area contributed by atoms with E-state index in [9.17, 15) is 0 Å². The van der Waals surface area contributed by atoms with Gasteiger partial charge in [-0.2, -0.15) is 11.8 Å². The molecular formula is C16H28IN3S. The highest BCUT2D eigenvalue weighted by Crippen LogP contribution is 2.22. The second-order valence-electron chi connectivity index (χ2n) is 4.75. The third-order valence-corrected chi connectivity index (χ3v) is 3.99. The van der Waals surface area contributed by atoms with E-state index < -0.39 is 0 Å². The first-order valence-corrected chi connectivity index (χ1v) is 8.78. The van der Waals surface area contributed by atoms with Gasteiger partial charge in [-0.3, -0.25) is 4.99 Å². The number of guanidine groups is 1. The van der Waals surface area contributed by atoms with Crippen molar-refractivity contribution in [1.82, 2.24) is 0 Å². The van der Waals surface area contributed by atoms with Crippen molar-refractivity contribution in [2.45, 2.75) is 39.5 Å². The standard InChI is InChI=1S/C16H27N3S.HI/c1-4-13-9-8-10-14(5-2)15(13)19-16(17)18-11-6-7-12-20-3;/h8-10H,4-7,11-12H2,1-3H3,(H3,17,18,19);1H. The van der Waals surface area contributed by atoms with Gasteiger partial charge in [-0.25, -0.2) is 0 Å². The summed E-state index contributed by atoms with van der Waals surface area (Å²) in [5.74, 6) is 1.73. The normalized spacial score (nSPS) is 11.1. The molecule has 21 heavy (non-hydrogen) atoms. The van der Waals surface area contributed by atoms with Gasteiger partial charge in [0.2, 0.25) is 0 Å². The van der Waals surface area contributed by atoms with Crippen molar-refractivity contribution in [3.63, 3.8) is 0 Å². The summed E-state index contributed by atoms with van der Waals surface area (Å²) in [5, 5.41) is 3.29. The van der Waals surface area contributed by atoms with E-state index in [1.807, 2.05) is 11.8 Å². The SMILES string of the molecule is CCc1cccc(CC)c1NC(N)=NCCCCSC.I. The average molecular weight is 421 g/mol. The van der Waals surface area contributed by atoms with E-state index in [2.05, 4.69) is 48.6 Å². The van der Waals surface area contributed by atoms with E-state index in [4.69, 9.17) is 5.73 Å². The summed E-state index contributed by atoms with van der Waals surface area (Å²) in [6.07, 6.45) is 6.42. The molecule has 120 valence electrons. The molecule has 0 amide bonds. The molecule has 1 aromatic carbocycles. The van der Waals surface area contributed by atoms with Crippen LogP contribution in [0.25, 0.3) is 0 Å². The molecule has 0 saturated heterocycles. The Hall–Kier alpha value is -0.430. The number of nitrogens with zero attached hydrogens (tertiary/aromatic N) is 1. The van der Waals surface area contributed by atoms with Crippen molar-refractivity contribution >= 4 is 47.4 Å². The minimum Gasteiger partial charge on any atom is -0.370 e. The molecule has 0 atom stereocenters. The number of para-hydroxylation sites is 1. The number of hydrogen-bond donors (Lipinski definition) is 2. The number of anilines is 1. The third-order valence-electron chi connectivity index (χ3n) is 3.29. The molecule has 0 aliphatic carbocycles. The zero-order valence-corrected chi connectivity index (χ0v) is 16.5. The molecule has 1 rings (SSSR count). The van der Waals surface area contributed by atoms with Crippen molar-refractivity contribution < 1.29 is 0 Å². The molecule has 0 aliphatic rings. The first kappa shape index (κ1) is 20.6. The number of halogens is 1. The summed E-state index contributed by atoms with van der Waals surface area (Å²) < 4.78 is 0. The van der Waals surface area contributed by atoms with Gasteiger partial charge in [0.25, 0.3) is 0 Å². The Morgan fingerprint density at radius 1 is 1.19 bits per heavy atom. The Labute approximate surface area is 150 Å². The largest absolute Gasteiger partial charge is 0.370 e. The van der Waals surface area contributed by atoms with Gasteiger partial charge >= 0.3 is 0 Å². The van der Waals surface area contributed by atoms with Crippen molar-refractivity contribution in [3.05, 3.63) is 29.3 Å². The molecule has 3 nitrogen and oxygen atoms in total. The molecule has 0 radical (unpaired) electrons. The predicted octanol–water partition coefficient (Wildman–Crippen LogP) is 4.30. The second-order valence-corrected chi connectivity index (χ2v) is 5.74. The quantitative estimate of drug-likeness (QED) is 0.285. The molecular weight excluding hydrogens is 393 g/mol. The Morgan fingerprint density at radius 2 is 1.81 bits per heavy atom. The Kier molecular flexibility index (Phi) is 11.9. The van der Waals surface area contributed by atoms with Gasteiger partial charge < -0.3 is 11.1 Å². The highest BCUT2D eigenvalue weighted by Gasteiger charge is 2.06. The first-order chi connectivity index (χ1) is 9.72. The van der Waals surface area contributed by atoms with E-state index in [1.54, 1.807) is 0 Å². The summed E-state index contributed by atoms with van der Waals surface area (Å²) in [6.45, 7) is 5.13. The monoisotopic (exact) mass is 421 g/mol. The predicted molar refractivity (Wildman–Crippen MR) is 108 cm³/mol. The lowest BCUT2D eigenvalue weighted by atomic mass is 10.0. The number of thioether (sulfide) groups is 1. The lowest BCUT2D eigenvalue weighted by Gasteiger charge is -2.14. The van der Waals surface area contributed by atoms with E-state index in [-0.39, 0.29) is 24.0 Å². The van der Waals surface area contributed by atoms with E-state index in [0.717, 1.165) is 31.5 Å². The number of nitrogens with two attached hydrogens (primary N) is 1. The minimum atomic E-state index is 0. The number of aryl methyl sites for hydroxylation is 2. The molecule has 0 spiro atoms. The number of benzene rings is 1. The maximum atomic E-state index is 6.00. The zero-order valence-electron chi connectivity index (χ0n) is 13.3. The number of nitrogens with one attached hydrogen (secondary N) is 1. The molecule has 3 N–H and O–H groups in total. The second kappa shape index (κ2) is 12.1. The topological polar surface area (TPSA) is 50.4 Å². The van der Waals surface area contributed by atoms with Gasteiger partial charge in [0.1, 0.15) is 0 Å². The van der Waals surface area contributed by atoms with Crippen LogP contribution in [-0.4, -0.2) is 24.5 Å². The zero-order chi connectivity index (χ0) is 14.8. The van der Waals surface area contributed by atoms with Crippen LogP contribution < -0.4 is 11.1 Å². The van der Waals surface area contributed by atoms with Crippen LogP contribution in [0, 0.1) is 0 Å². The van der Waals surface area contributed by atoms with Gasteiger partial charge in [0, 0.05) is 12.2 Å². The minimum absolute atomic E-state index is 0. The van der Waals surface area contributed by atoms with Crippen LogP contribution in [0.4, 0.5) is 5.69 Å². The van der Waals surface area contributed by atoms with E-state index in [1.165, 1.54) is 23.3 Å². The summed E-state index contributed by atoms with van der Waals surface area (Å²) in [5.41, 5.74) is 9.74. The number of aliphatic imine (C=N–C) groups is 1. The molecule has 0 saturated carbocycles. The number of rotatable bonds is 8. The van der Waals surface area contributed by atoms with Crippen LogP contribution in [0.3, 0.4) is 0 Å². The van der Waals surface area contributed by atoms with Crippen LogP contribution in [0.1, 0.15) is 37.8 Å². The highest BCUT2D eigenvalue weighted by atomic mass is 127. The van der Waals surface area contributed by atoms with Crippen LogP contribution in [0.2, 0.25) is 0 Å². The Morgan fingerprint density at radius 3 is 2.33 bits per heavy atom. The van der Waals surface area contributed by atoms with Crippen molar-refractivity contribution in [2.24, 2.45) is 10.7 Å². The van der Waals surface area contributed by atoms with Crippen molar-refractivity contribution in [2.75, 3.05) is 23.9 Å². The maximum absolute atomic E-state index is 6.00. The lowest BCUT2D eigenvalue weighted by Crippen LogP contribution is -2.24. The van der Waals surface area contributed by atoms with Crippen molar-refractivity contribution in [3.8, 4) is 0 Å². The van der Waals surface area contributed by atoms with Gasteiger partial charge in [0.05, 0.1) is 0 Å².